The average Bonchev–Trinajstić information content (AvgIpc) is 2.68. The summed E-state index contributed by atoms with van der Waals surface area (Å²) in [5.74, 6) is -1.58. The van der Waals surface area contributed by atoms with E-state index < -0.39 is 36.4 Å². The van der Waals surface area contributed by atoms with Gasteiger partial charge in [0, 0.05) is 29.7 Å². The van der Waals surface area contributed by atoms with E-state index in [4.69, 9.17) is 20.6 Å². The van der Waals surface area contributed by atoms with Crippen molar-refractivity contribution in [2.75, 3.05) is 20.8 Å². The molecule has 0 radical (unpaired) electrons. The Kier molecular flexibility index (Phi) is 7.27. The van der Waals surface area contributed by atoms with Gasteiger partial charge < -0.3 is 9.05 Å². The molecule has 0 bridgehead atoms. The summed E-state index contributed by atoms with van der Waals surface area (Å²) < 4.78 is 23.3. The lowest BCUT2D eigenvalue weighted by Gasteiger charge is -2.28. The van der Waals surface area contributed by atoms with E-state index in [2.05, 4.69) is 0 Å². The highest BCUT2D eigenvalue weighted by Gasteiger charge is 2.48. The van der Waals surface area contributed by atoms with E-state index in [-0.39, 0.29) is 5.56 Å². The lowest BCUT2D eigenvalue weighted by molar-refractivity contribution is -0.483. The predicted molar refractivity (Wildman–Crippen MR) is 102 cm³/mol. The Morgan fingerprint density at radius 2 is 1.67 bits per heavy atom. The van der Waals surface area contributed by atoms with E-state index in [1.54, 1.807) is 54.6 Å². The van der Waals surface area contributed by atoms with Gasteiger partial charge in [-0.1, -0.05) is 54.1 Å². The average molecular weight is 412 g/mol. The molecule has 2 aromatic carbocycles. The molecule has 0 fully saturated rings. The maximum absolute atomic E-state index is 13.2. The number of Topliss-reactive ketones (excluding diaryl/α,β-unsaturated/α-hetero) is 1. The molecular weight excluding hydrogens is 393 g/mol. The van der Waals surface area contributed by atoms with Crippen LogP contribution in [0.15, 0.2) is 54.6 Å². The van der Waals surface area contributed by atoms with Crippen LogP contribution in [0.4, 0.5) is 0 Å². The van der Waals surface area contributed by atoms with Gasteiger partial charge >= 0.3 is 7.60 Å². The van der Waals surface area contributed by atoms with Gasteiger partial charge in [0.05, 0.1) is 5.92 Å². The molecule has 0 saturated carbocycles. The lowest BCUT2D eigenvalue weighted by Crippen LogP contribution is -2.33. The monoisotopic (exact) mass is 411 g/mol. The second kappa shape index (κ2) is 9.24. The van der Waals surface area contributed by atoms with Crippen molar-refractivity contribution in [2.45, 2.75) is 11.6 Å². The zero-order valence-corrected chi connectivity index (χ0v) is 16.4. The number of hydrogen-bond acceptors (Lipinski definition) is 6. The van der Waals surface area contributed by atoms with E-state index in [0.717, 1.165) is 14.2 Å². The maximum Gasteiger partial charge on any atom is 0.341 e. The first-order valence-corrected chi connectivity index (χ1v) is 9.99. The summed E-state index contributed by atoms with van der Waals surface area (Å²) in [6, 6.07) is 14.4. The van der Waals surface area contributed by atoms with Crippen LogP contribution in [0.2, 0.25) is 5.02 Å². The maximum atomic E-state index is 13.2. The number of ketones is 1. The quantitative estimate of drug-likeness (QED) is 0.262. The standard InChI is InChI=1S/C18H19ClNO6P/c1-25-27(24,26-2)18(17(21)14-6-4-3-5-7-14)16(12-20(22)23)13-8-10-15(19)11-9-13/h3-11,16,18H,12H2,1-2H3/t16-,18-/m1/s1. The summed E-state index contributed by atoms with van der Waals surface area (Å²) in [7, 11) is -1.68. The highest BCUT2D eigenvalue weighted by atomic mass is 35.5. The van der Waals surface area contributed by atoms with Gasteiger partial charge in [0.1, 0.15) is 5.66 Å². The van der Waals surface area contributed by atoms with Crippen molar-refractivity contribution < 1.29 is 23.3 Å². The molecule has 0 aromatic heterocycles. The normalized spacial score (nSPS) is 13.7. The van der Waals surface area contributed by atoms with Crippen molar-refractivity contribution in [3.05, 3.63) is 80.9 Å². The summed E-state index contributed by atoms with van der Waals surface area (Å²) in [6.07, 6.45) is 0. The Morgan fingerprint density at radius 3 is 2.15 bits per heavy atom. The fourth-order valence-electron chi connectivity index (χ4n) is 2.88. The topological polar surface area (TPSA) is 95.7 Å². The molecule has 0 aliphatic heterocycles. The van der Waals surface area contributed by atoms with Gasteiger partial charge in [-0.15, -0.1) is 0 Å². The van der Waals surface area contributed by atoms with Gasteiger partial charge in [0.15, 0.2) is 5.78 Å². The largest absolute Gasteiger partial charge is 0.341 e. The summed E-state index contributed by atoms with van der Waals surface area (Å²) in [4.78, 5) is 24.0. The molecule has 0 unspecified atom stereocenters. The molecule has 0 saturated heterocycles. The van der Waals surface area contributed by atoms with Gasteiger partial charge in [-0.05, 0) is 17.7 Å². The van der Waals surface area contributed by atoms with Crippen LogP contribution in [0.25, 0.3) is 0 Å². The van der Waals surface area contributed by atoms with Crippen LogP contribution in [0, 0.1) is 10.1 Å². The fourth-order valence-corrected chi connectivity index (χ4v) is 4.75. The molecule has 2 aromatic rings. The van der Waals surface area contributed by atoms with Gasteiger partial charge in [0.25, 0.3) is 0 Å². The van der Waals surface area contributed by atoms with Crippen molar-refractivity contribution in [3.63, 3.8) is 0 Å². The van der Waals surface area contributed by atoms with Gasteiger partial charge in [0.2, 0.25) is 6.54 Å². The molecule has 2 rings (SSSR count). The minimum absolute atomic E-state index is 0.263. The first-order chi connectivity index (χ1) is 12.8. The third-order valence-corrected chi connectivity index (χ3v) is 6.75. The number of hydrogen-bond donors (Lipinski definition) is 0. The van der Waals surface area contributed by atoms with E-state index in [9.17, 15) is 19.5 Å². The Bertz CT molecular complexity index is 835. The van der Waals surface area contributed by atoms with Gasteiger partial charge in [-0.2, -0.15) is 0 Å². The zero-order chi connectivity index (χ0) is 20.0. The van der Waals surface area contributed by atoms with Crippen molar-refractivity contribution in [1.82, 2.24) is 0 Å². The minimum atomic E-state index is -3.99. The first kappa shape index (κ1) is 21.3. The lowest BCUT2D eigenvalue weighted by atomic mass is 9.91. The molecule has 0 aliphatic rings. The van der Waals surface area contributed by atoms with Crippen molar-refractivity contribution in [3.8, 4) is 0 Å². The van der Waals surface area contributed by atoms with E-state index in [1.165, 1.54) is 0 Å². The van der Waals surface area contributed by atoms with E-state index >= 15 is 0 Å². The molecule has 0 aliphatic carbocycles. The zero-order valence-electron chi connectivity index (χ0n) is 14.8. The third kappa shape index (κ3) is 5.02. The number of nitrogens with zero attached hydrogens (tertiary/aromatic N) is 1. The van der Waals surface area contributed by atoms with Crippen LogP contribution in [0.3, 0.4) is 0 Å². The Hall–Kier alpha value is -2.05. The molecule has 9 heteroatoms. The number of benzene rings is 2. The van der Waals surface area contributed by atoms with Crippen molar-refractivity contribution in [1.29, 1.82) is 0 Å². The number of rotatable bonds is 9. The van der Waals surface area contributed by atoms with Crippen LogP contribution in [-0.2, 0) is 13.6 Å². The van der Waals surface area contributed by atoms with Crippen LogP contribution in [0.5, 0.6) is 0 Å². The second-order valence-corrected chi connectivity index (χ2v) is 8.56. The number of halogens is 1. The van der Waals surface area contributed by atoms with Gasteiger partial charge in [-0.3, -0.25) is 19.5 Å². The van der Waals surface area contributed by atoms with Crippen LogP contribution in [-0.4, -0.2) is 37.1 Å². The second-order valence-electron chi connectivity index (χ2n) is 5.75. The molecule has 0 N–H and O–H groups in total. The van der Waals surface area contributed by atoms with Crippen LogP contribution in [0.1, 0.15) is 21.8 Å². The van der Waals surface area contributed by atoms with Crippen molar-refractivity contribution >= 4 is 25.0 Å². The highest BCUT2D eigenvalue weighted by Crippen LogP contribution is 2.57. The molecule has 27 heavy (non-hydrogen) atoms. The summed E-state index contributed by atoms with van der Waals surface area (Å²) in [6.45, 7) is -0.623. The molecule has 144 valence electrons. The van der Waals surface area contributed by atoms with E-state index in [0.29, 0.717) is 10.6 Å². The molecule has 7 nitrogen and oxygen atoms in total. The Morgan fingerprint density at radius 1 is 1.11 bits per heavy atom. The van der Waals surface area contributed by atoms with Crippen molar-refractivity contribution in [2.24, 2.45) is 0 Å². The Balaban J connectivity index is 2.62. The third-order valence-electron chi connectivity index (χ3n) is 4.20. The summed E-state index contributed by atoms with van der Waals surface area (Å²) in [5, 5.41) is 11.8. The number of carbonyl (C=O) groups excluding carboxylic acids is 1. The van der Waals surface area contributed by atoms with Crippen LogP contribution < -0.4 is 0 Å². The van der Waals surface area contributed by atoms with Gasteiger partial charge in [-0.25, -0.2) is 0 Å². The summed E-state index contributed by atoms with van der Waals surface area (Å²) in [5.41, 5.74) is -0.680. The Labute approximate surface area is 161 Å². The molecule has 0 heterocycles. The predicted octanol–water partition coefficient (Wildman–Crippen LogP) is 4.44. The molecule has 2 atom stereocenters. The number of nitro groups is 1. The first-order valence-electron chi connectivity index (χ1n) is 8.00. The van der Waals surface area contributed by atoms with Crippen LogP contribution >= 0.6 is 19.2 Å². The smallest absolute Gasteiger partial charge is 0.311 e. The molecular formula is C18H19ClNO6P. The minimum Gasteiger partial charge on any atom is -0.311 e. The van der Waals surface area contributed by atoms with E-state index in [1.807, 2.05) is 0 Å². The molecule has 0 amide bonds. The SMILES string of the molecule is COP(=O)(OC)[C@@H](C(=O)c1ccccc1)[C@H](C[N+](=O)[O-])c1ccc(Cl)cc1. The fraction of sp³-hybridized carbons (Fsp3) is 0.278. The number of carbonyl (C=O) groups is 1. The summed E-state index contributed by atoms with van der Waals surface area (Å²) >= 11 is 5.90. The highest BCUT2D eigenvalue weighted by molar-refractivity contribution is 7.55. The molecule has 0 spiro atoms.